The molecule has 144 valence electrons. The van der Waals surface area contributed by atoms with Crippen molar-refractivity contribution in [3.8, 4) is 16.9 Å². The first-order valence-electron chi connectivity index (χ1n) is 9.05. The Hall–Kier alpha value is -3.93. The molecule has 1 heterocycles. The lowest BCUT2D eigenvalue weighted by Gasteiger charge is -2.15. The second kappa shape index (κ2) is 7.59. The second-order valence-corrected chi connectivity index (χ2v) is 6.61. The zero-order chi connectivity index (χ0) is 20.4. The van der Waals surface area contributed by atoms with Crippen molar-refractivity contribution in [1.29, 1.82) is 0 Å². The minimum atomic E-state index is -0.439. The highest BCUT2D eigenvalue weighted by atomic mass is 16.6. The first kappa shape index (κ1) is 18.4. The lowest BCUT2D eigenvalue weighted by molar-refractivity contribution is -0.385. The minimum Gasteiger partial charge on any atom is -0.486 e. The third-order valence-corrected chi connectivity index (χ3v) is 4.69. The van der Waals surface area contributed by atoms with Crippen molar-refractivity contribution in [3.05, 3.63) is 105 Å². The van der Waals surface area contributed by atoms with Gasteiger partial charge in [-0.1, -0.05) is 42.5 Å². The molecule has 1 atom stereocenters. The van der Waals surface area contributed by atoms with Gasteiger partial charge in [0.2, 0.25) is 0 Å². The molecule has 0 radical (unpaired) electrons. The van der Waals surface area contributed by atoms with Gasteiger partial charge in [0.25, 0.3) is 5.69 Å². The second-order valence-electron chi connectivity index (χ2n) is 6.61. The Labute approximate surface area is 166 Å². The molecule has 0 unspecified atom stereocenters. The summed E-state index contributed by atoms with van der Waals surface area (Å²) in [7, 11) is 0. The molecule has 4 aromatic rings. The molecule has 0 bridgehead atoms. The Morgan fingerprint density at radius 1 is 1.00 bits per heavy atom. The molecule has 0 fully saturated rings. The van der Waals surface area contributed by atoms with Crippen LogP contribution in [0.15, 0.2) is 88.3 Å². The van der Waals surface area contributed by atoms with Crippen LogP contribution in [0, 0.1) is 10.1 Å². The van der Waals surface area contributed by atoms with Crippen molar-refractivity contribution in [1.82, 2.24) is 0 Å². The number of hydrogen-bond acceptors (Lipinski definition) is 5. The maximum atomic E-state index is 12.8. The van der Waals surface area contributed by atoms with Gasteiger partial charge >= 0.3 is 0 Å². The number of nitrogens with zero attached hydrogens (tertiary/aromatic N) is 1. The molecular formula is C23H17NO5. The molecule has 6 nitrogen and oxygen atoms in total. The lowest BCUT2D eigenvalue weighted by atomic mass is 10.1. The molecule has 3 aromatic carbocycles. The van der Waals surface area contributed by atoms with E-state index in [0.717, 1.165) is 5.56 Å². The zero-order valence-corrected chi connectivity index (χ0v) is 15.6. The lowest BCUT2D eigenvalue weighted by Crippen LogP contribution is -2.06. The van der Waals surface area contributed by atoms with Gasteiger partial charge in [0.1, 0.15) is 23.7 Å². The van der Waals surface area contributed by atoms with Gasteiger partial charge in [0.05, 0.1) is 15.9 Å². The van der Waals surface area contributed by atoms with Crippen LogP contribution in [0.4, 0.5) is 5.69 Å². The summed E-state index contributed by atoms with van der Waals surface area (Å²) in [6.07, 6.45) is 1.04. The van der Waals surface area contributed by atoms with Gasteiger partial charge in [-0.25, -0.2) is 0 Å². The SMILES string of the molecule is C[C@H](Oc1ccc2c(=O)c(-c3ccccc3)coc2c1)c1cccc([N+](=O)[O-])c1. The largest absolute Gasteiger partial charge is 0.486 e. The van der Waals surface area contributed by atoms with Crippen molar-refractivity contribution in [3.63, 3.8) is 0 Å². The van der Waals surface area contributed by atoms with Crippen LogP contribution in [0.3, 0.4) is 0 Å². The Bertz CT molecular complexity index is 1250. The number of benzene rings is 3. The van der Waals surface area contributed by atoms with E-state index in [9.17, 15) is 14.9 Å². The molecule has 0 saturated carbocycles. The third-order valence-electron chi connectivity index (χ3n) is 4.69. The fraction of sp³-hybridized carbons (Fsp3) is 0.0870. The molecule has 0 amide bonds. The highest BCUT2D eigenvalue weighted by Gasteiger charge is 2.14. The number of fused-ring (bicyclic) bond motifs is 1. The van der Waals surface area contributed by atoms with E-state index in [2.05, 4.69) is 0 Å². The smallest absolute Gasteiger partial charge is 0.269 e. The van der Waals surface area contributed by atoms with Gasteiger partial charge in [0.15, 0.2) is 5.43 Å². The standard InChI is InChI=1S/C23H17NO5/c1-15(17-8-5-9-18(12-17)24(26)27)29-19-10-11-20-22(13-19)28-14-21(23(20)25)16-6-3-2-4-7-16/h2-15H,1H3/t15-/m0/s1. The van der Waals surface area contributed by atoms with Crippen LogP contribution in [0.1, 0.15) is 18.6 Å². The average Bonchev–Trinajstić information content (AvgIpc) is 2.74. The Morgan fingerprint density at radius 3 is 2.55 bits per heavy atom. The van der Waals surface area contributed by atoms with Crippen LogP contribution < -0.4 is 10.2 Å². The van der Waals surface area contributed by atoms with E-state index in [-0.39, 0.29) is 11.1 Å². The number of hydrogen-bond donors (Lipinski definition) is 0. The molecular weight excluding hydrogens is 370 g/mol. The first-order chi connectivity index (χ1) is 14.0. The maximum absolute atomic E-state index is 12.8. The van der Waals surface area contributed by atoms with E-state index in [4.69, 9.17) is 9.15 Å². The van der Waals surface area contributed by atoms with E-state index in [1.165, 1.54) is 18.4 Å². The predicted octanol–water partition coefficient (Wildman–Crippen LogP) is 5.51. The van der Waals surface area contributed by atoms with Crippen LogP contribution in [-0.4, -0.2) is 4.92 Å². The maximum Gasteiger partial charge on any atom is 0.269 e. The van der Waals surface area contributed by atoms with Crippen molar-refractivity contribution < 1.29 is 14.1 Å². The van der Waals surface area contributed by atoms with E-state index < -0.39 is 11.0 Å². The van der Waals surface area contributed by atoms with Gasteiger partial charge in [-0.15, -0.1) is 0 Å². The van der Waals surface area contributed by atoms with Crippen LogP contribution in [-0.2, 0) is 0 Å². The fourth-order valence-corrected chi connectivity index (χ4v) is 3.16. The van der Waals surface area contributed by atoms with E-state index >= 15 is 0 Å². The van der Waals surface area contributed by atoms with Gasteiger partial charge in [0, 0.05) is 18.2 Å². The monoisotopic (exact) mass is 387 g/mol. The minimum absolute atomic E-state index is 0.0101. The molecule has 0 saturated heterocycles. The van der Waals surface area contributed by atoms with E-state index in [0.29, 0.717) is 27.8 Å². The zero-order valence-electron chi connectivity index (χ0n) is 15.6. The van der Waals surface area contributed by atoms with E-state index in [1.807, 2.05) is 30.3 Å². The van der Waals surface area contributed by atoms with Crippen LogP contribution in [0.2, 0.25) is 0 Å². The molecule has 0 aliphatic rings. The first-order valence-corrected chi connectivity index (χ1v) is 9.05. The topological polar surface area (TPSA) is 82.6 Å². The summed E-state index contributed by atoms with van der Waals surface area (Å²) >= 11 is 0. The summed E-state index contributed by atoms with van der Waals surface area (Å²) in [6, 6.07) is 20.7. The summed E-state index contributed by atoms with van der Waals surface area (Å²) in [5.41, 5.74) is 2.28. The van der Waals surface area contributed by atoms with Crippen molar-refractivity contribution in [2.75, 3.05) is 0 Å². The highest BCUT2D eigenvalue weighted by Crippen LogP contribution is 2.27. The number of rotatable bonds is 5. The number of non-ortho nitro benzene ring substituents is 1. The number of nitro groups is 1. The molecule has 6 heteroatoms. The quantitative estimate of drug-likeness (QED) is 0.333. The predicted molar refractivity (Wildman–Crippen MR) is 110 cm³/mol. The van der Waals surface area contributed by atoms with Crippen molar-refractivity contribution in [2.45, 2.75) is 13.0 Å². The van der Waals surface area contributed by atoms with Crippen LogP contribution in [0.5, 0.6) is 5.75 Å². The summed E-state index contributed by atoms with van der Waals surface area (Å²) < 4.78 is 11.6. The molecule has 0 aliphatic heterocycles. The molecule has 0 spiro atoms. The molecule has 4 rings (SSSR count). The van der Waals surface area contributed by atoms with Crippen LogP contribution in [0.25, 0.3) is 22.1 Å². The highest BCUT2D eigenvalue weighted by molar-refractivity contribution is 5.82. The molecule has 0 N–H and O–H groups in total. The fourth-order valence-electron chi connectivity index (χ4n) is 3.16. The molecule has 29 heavy (non-hydrogen) atoms. The van der Waals surface area contributed by atoms with Gasteiger partial charge in [-0.3, -0.25) is 14.9 Å². The van der Waals surface area contributed by atoms with E-state index in [1.54, 1.807) is 37.3 Å². The summed E-state index contributed by atoms with van der Waals surface area (Å²) in [4.78, 5) is 23.3. The Morgan fingerprint density at radius 2 is 1.79 bits per heavy atom. The summed E-state index contributed by atoms with van der Waals surface area (Å²) in [5.74, 6) is 0.507. The molecule has 1 aromatic heterocycles. The number of ether oxygens (including phenoxy) is 1. The van der Waals surface area contributed by atoms with Crippen molar-refractivity contribution >= 4 is 16.7 Å². The normalized spacial score (nSPS) is 11.9. The average molecular weight is 387 g/mol. The Kier molecular flexibility index (Phi) is 4.83. The summed E-state index contributed by atoms with van der Waals surface area (Å²) in [6.45, 7) is 1.80. The summed E-state index contributed by atoms with van der Waals surface area (Å²) in [5, 5.41) is 11.4. The number of nitro benzene ring substituents is 1. The Balaban J connectivity index is 1.64. The third kappa shape index (κ3) is 3.73. The van der Waals surface area contributed by atoms with Gasteiger partial charge < -0.3 is 9.15 Å². The van der Waals surface area contributed by atoms with Gasteiger partial charge in [-0.2, -0.15) is 0 Å². The van der Waals surface area contributed by atoms with Crippen LogP contribution >= 0.6 is 0 Å². The van der Waals surface area contributed by atoms with Crippen molar-refractivity contribution in [2.24, 2.45) is 0 Å². The van der Waals surface area contributed by atoms with Gasteiger partial charge in [-0.05, 0) is 30.2 Å². The molecule has 0 aliphatic carbocycles.